The minimum absolute atomic E-state index is 0.401. The molecular weight excluding hydrogens is 262 g/mol. The Labute approximate surface area is 107 Å². The molecule has 1 nitrogen and oxygen atoms in total. The van der Waals surface area contributed by atoms with E-state index in [9.17, 15) is 0 Å². The second kappa shape index (κ2) is 4.50. The first-order valence-electron chi connectivity index (χ1n) is 6.05. The lowest BCUT2D eigenvalue weighted by Crippen LogP contribution is -2.55. The normalized spacial score (nSPS) is 33.5. The van der Waals surface area contributed by atoms with E-state index in [0.717, 1.165) is 0 Å². The molecule has 3 atom stereocenters. The van der Waals surface area contributed by atoms with E-state index in [-0.39, 0.29) is 0 Å². The molecule has 2 heteroatoms. The summed E-state index contributed by atoms with van der Waals surface area (Å²) >= 11 is 3.67. The summed E-state index contributed by atoms with van der Waals surface area (Å²) in [6, 6.07) is 9.30. The van der Waals surface area contributed by atoms with Crippen molar-refractivity contribution in [1.29, 1.82) is 0 Å². The van der Waals surface area contributed by atoms with Crippen molar-refractivity contribution in [3.8, 4) is 0 Å². The molecule has 88 valence electrons. The van der Waals surface area contributed by atoms with E-state index in [1.54, 1.807) is 0 Å². The van der Waals surface area contributed by atoms with E-state index in [1.807, 2.05) is 0 Å². The van der Waals surface area contributed by atoms with Crippen LogP contribution in [0, 0.1) is 5.41 Å². The van der Waals surface area contributed by atoms with Crippen molar-refractivity contribution in [1.82, 2.24) is 5.32 Å². The van der Waals surface area contributed by atoms with Crippen LogP contribution in [-0.2, 0) is 0 Å². The Morgan fingerprint density at radius 3 is 2.69 bits per heavy atom. The quantitative estimate of drug-likeness (QED) is 0.885. The highest BCUT2D eigenvalue weighted by atomic mass is 79.9. The van der Waals surface area contributed by atoms with Gasteiger partial charge >= 0.3 is 0 Å². The third-order valence-electron chi connectivity index (χ3n) is 4.45. The second-order valence-corrected chi connectivity index (χ2v) is 5.86. The average Bonchev–Trinajstić information content (AvgIpc) is 2.29. The number of hydrogen-bond donors (Lipinski definition) is 1. The third kappa shape index (κ3) is 1.72. The summed E-state index contributed by atoms with van der Waals surface area (Å²) in [7, 11) is 2.08. The Hall–Kier alpha value is -0.340. The zero-order valence-electron chi connectivity index (χ0n) is 10.3. The molecule has 0 heterocycles. The van der Waals surface area contributed by atoms with Crippen molar-refractivity contribution in [3.05, 3.63) is 34.3 Å². The molecule has 3 unspecified atom stereocenters. The summed E-state index contributed by atoms with van der Waals surface area (Å²) in [6.45, 7) is 4.70. The number of halogens is 1. The first kappa shape index (κ1) is 12.1. The maximum atomic E-state index is 3.67. The van der Waals surface area contributed by atoms with Gasteiger partial charge in [0.1, 0.15) is 0 Å². The smallest absolute Gasteiger partial charge is 0.0210 e. The van der Waals surface area contributed by atoms with Crippen molar-refractivity contribution in [2.75, 3.05) is 7.05 Å². The number of rotatable bonds is 3. The Morgan fingerprint density at radius 2 is 2.12 bits per heavy atom. The standard InChI is InChI=1S/C14H20BrN/c1-4-14(2)11(9-13(14)16-3)10-7-5-6-8-12(10)15/h5-8,11,13,16H,4,9H2,1-3H3. The van der Waals surface area contributed by atoms with E-state index in [1.165, 1.54) is 22.9 Å². The van der Waals surface area contributed by atoms with Crippen LogP contribution in [0.2, 0.25) is 0 Å². The molecule has 16 heavy (non-hydrogen) atoms. The first-order chi connectivity index (χ1) is 7.63. The van der Waals surface area contributed by atoms with Crippen LogP contribution in [0.15, 0.2) is 28.7 Å². The molecule has 0 bridgehead atoms. The van der Waals surface area contributed by atoms with Crippen LogP contribution in [0.25, 0.3) is 0 Å². The second-order valence-electron chi connectivity index (χ2n) is 5.01. The highest BCUT2D eigenvalue weighted by Gasteiger charge is 2.50. The molecule has 1 aromatic carbocycles. The number of hydrogen-bond acceptors (Lipinski definition) is 1. The van der Waals surface area contributed by atoms with E-state index in [4.69, 9.17) is 0 Å². The Bertz CT molecular complexity index is 377. The molecule has 0 aliphatic heterocycles. The van der Waals surface area contributed by atoms with Gasteiger partial charge in [-0.3, -0.25) is 0 Å². The predicted molar refractivity (Wildman–Crippen MR) is 72.7 cm³/mol. The molecule has 0 aromatic heterocycles. The lowest BCUT2D eigenvalue weighted by molar-refractivity contribution is 0.0491. The summed E-state index contributed by atoms with van der Waals surface area (Å²) in [5.74, 6) is 0.686. The zero-order chi connectivity index (χ0) is 11.8. The molecule has 1 N–H and O–H groups in total. The van der Waals surface area contributed by atoms with E-state index in [0.29, 0.717) is 17.4 Å². The fourth-order valence-electron chi connectivity index (χ4n) is 3.04. The van der Waals surface area contributed by atoms with Crippen molar-refractivity contribution in [3.63, 3.8) is 0 Å². The molecule has 1 saturated carbocycles. The van der Waals surface area contributed by atoms with Crippen molar-refractivity contribution in [2.45, 2.75) is 38.6 Å². The Morgan fingerprint density at radius 1 is 1.44 bits per heavy atom. The highest BCUT2D eigenvalue weighted by molar-refractivity contribution is 9.10. The molecule has 1 aliphatic carbocycles. The lowest BCUT2D eigenvalue weighted by atomic mass is 9.54. The summed E-state index contributed by atoms with van der Waals surface area (Å²) in [4.78, 5) is 0. The van der Waals surface area contributed by atoms with Gasteiger partial charge in [0.05, 0.1) is 0 Å². The van der Waals surface area contributed by atoms with Crippen LogP contribution < -0.4 is 5.32 Å². The van der Waals surface area contributed by atoms with Crippen LogP contribution in [0.4, 0.5) is 0 Å². The summed E-state index contributed by atoms with van der Waals surface area (Å²) < 4.78 is 1.26. The number of nitrogens with one attached hydrogen (secondary N) is 1. The van der Waals surface area contributed by atoms with Gasteiger partial charge in [0, 0.05) is 10.5 Å². The molecule has 0 spiro atoms. The van der Waals surface area contributed by atoms with Gasteiger partial charge in [-0.15, -0.1) is 0 Å². The van der Waals surface area contributed by atoms with Crippen molar-refractivity contribution in [2.24, 2.45) is 5.41 Å². The average molecular weight is 282 g/mol. The fourth-order valence-corrected chi connectivity index (χ4v) is 3.60. The van der Waals surface area contributed by atoms with Crippen LogP contribution >= 0.6 is 15.9 Å². The molecule has 1 aliphatic rings. The largest absolute Gasteiger partial charge is 0.316 e. The van der Waals surface area contributed by atoms with Crippen LogP contribution in [0.5, 0.6) is 0 Å². The minimum atomic E-state index is 0.401. The summed E-state index contributed by atoms with van der Waals surface area (Å²) in [5, 5.41) is 3.45. The van der Waals surface area contributed by atoms with Gasteiger partial charge < -0.3 is 5.32 Å². The van der Waals surface area contributed by atoms with E-state index < -0.39 is 0 Å². The van der Waals surface area contributed by atoms with Gasteiger partial charge in [-0.25, -0.2) is 0 Å². The van der Waals surface area contributed by atoms with Gasteiger partial charge in [0.25, 0.3) is 0 Å². The minimum Gasteiger partial charge on any atom is -0.316 e. The van der Waals surface area contributed by atoms with Crippen LogP contribution in [0.1, 0.15) is 38.2 Å². The third-order valence-corrected chi connectivity index (χ3v) is 5.18. The number of benzene rings is 1. The predicted octanol–water partition coefficient (Wildman–Crippen LogP) is 3.94. The lowest BCUT2D eigenvalue weighted by Gasteiger charge is -2.54. The van der Waals surface area contributed by atoms with E-state index >= 15 is 0 Å². The van der Waals surface area contributed by atoms with Gasteiger partial charge in [0.2, 0.25) is 0 Å². The monoisotopic (exact) mass is 281 g/mol. The maximum Gasteiger partial charge on any atom is 0.0210 e. The maximum absolute atomic E-state index is 3.67. The molecular formula is C14H20BrN. The summed E-state index contributed by atoms with van der Waals surface area (Å²) in [6.07, 6.45) is 2.48. The van der Waals surface area contributed by atoms with Crippen LogP contribution in [-0.4, -0.2) is 13.1 Å². The fraction of sp³-hybridized carbons (Fsp3) is 0.571. The van der Waals surface area contributed by atoms with Crippen LogP contribution in [0.3, 0.4) is 0 Å². The SMILES string of the molecule is CCC1(C)C(NC)CC1c1ccccc1Br. The molecule has 0 amide bonds. The van der Waals surface area contributed by atoms with Gasteiger partial charge in [-0.1, -0.05) is 48.0 Å². The highest BCUT2D eigenvalue weighted by Crippen LogP contribution is 2.55. The van der Waals surface area contributed by atoms with Crippen molar-refractivity contribution >= 4 is 15.9 Å². The molecule has 2 rings (SSSR count). The van der Waals surface area contributed by atoms with Crippen molar-refractivity contribution < 1.29 is 0 Å². The molecule has 0 saturated heterocycles. The topological polar surface area (TPSA) is 12.0 Å². The summed E-state index contributed by atoms with van der Waals surface area (Å²) in [5.41, 5.74) is 1.87. The Balaban J connectivity index is 2.28. The molecule has 1 fully saturated rings. The van der Waals surface area contributed by atoms with Gasteiger partial charge in [-0.2, -0.15) is 0 Å². The van der Waals surface area contributed by atoms with Gasteiger partial charge in [0.15, 0.2) is 0 Å². The first-order valence-corrected chi connectivity index (χ1v) is 6.84. The van der Waals surface area contributed by atoms with E-state index in [2.05, 4.69) is 66.4 Å². The Kier molecular flexibility index (Phi) is 3.41. The molecule has 0 radical (unpaired) electrons. The zero-order valence-corrected chi connectivity index (χ0v) is 11.8. The van der Waals surface area contributed by atoms with Gasteiger partial charge in [-0.05, 0) is 42.9 Å². The molecule has 1 aromatic rings.